The Morgan fingerprint density at radius 3 is 2.86 bits per heavy atom. The van der Waals surface area contributed by atoms with Crippen LogP contribution in [0.25, 0.3) is 10.2 Å². The van der Waals surface area contributed by atoms with E-state index < -0.39 is 0 Å². The van der Waals surface area contributed by atoms with Gasteiger partial charge in [0.05, 0.1) is 18.1 Å². The molecule has 0 saturated carbocycles. The molecule has 0 aromatic carbocycles. The van der Waals surface area contributed by atoms with Crippen LogP contribution in [0.2, 0.25) is 0 Å². The number of thiophene rings is 1. The zero-order valence-corrected chi connectivity index (χ0v) is 19.0. The number of rotatable bonds is 10. The average Bonchev–Trinajstić information content (AvgIpc) is 3.04. The molecule has 28 heavy (non-hydrogen) atoms. The molecule has 1 aliphatic heterocycles. The topological polar surface area (TPSA) is 44.1 Å². The third-order valence-electron chi connectivity index (χ3n) is 5.33. The van der Waals surface area contributed by atoms with Crippen LogP contribution in [0.3, 0.4) is 0 Å². The molecule has 6 heteroatoms. The van der Waals surface area contributed by atoms with Crippen LogP contribution in [0.5, 0.6) is 0 Å². The minimum Gasteiger partial charge on any atom is -0.372 e. The first-order valence-electron chi connectivity index (χ1n) is 10.5. The lowest BCUT2D eigenvalue weighted by Gasteiger charge is -2.26. The fraction of sp³-hybridized carbons (Fsp3) is 0.636. The molecule has 1 unspecified atom stereocenters. The summed E-state index contributed by atoms with van der Waals surface area (Å²) >= 11 is 3.34. The summed E-state index contributed by atoms with van der Waals surface area (Å²) in [6.07, 6.45) is 9.03. The van der Waals surface area contributed by atoms with Crippen LogP contribution in [0.1, 0.15) is 63.3 Å². The zero-order valence-electron chi connectivity index (χ0n) is 17.3. The van der Waals surface area contributed by atoms with E-state index in [-0.39, 0.29) is 11.7 Å². The molecular weight excluding hydrogens is 388 g/mol. The largest absolute Gasteiger partial charge is 0.372 e. The van der Waals surface area contributed by atoms with E-state index in [1.807, 2.05) is 0 Å². The highest BCUT2D eigenvalue weighted by Gasteiger charge is 2.28. The van der Waals surface area contributed by atoms with Crippen molar-refractivity contribution in [3.8, 4) is 0 Å². The van der Waals surface area contributed by atoms with Crippen molar-refractivity contribution in [1.82, 2.24) is 9.55 Å². The maximum Gasteiger partial charge on any atom is 0.263 e. The summed E-state index contributed by atoms with van der Waals surface area (Å²) < 4.78 is 7.81. The Morgan fingerprint density at radius 2 is 2.14 bits per heavy atom. The number of allylic oxidation sites excluding steroid dienone is 1. The Bertz CT molecular complexity index is 870. The minimum absolute atomic E-state index is 0.0836. The summed E-state index contributed by atoms with van der Waals surface area (Å²) in [5, 5.41) is 1.64. The lowest BCUT2D eigenvalue weighted by atomic mass is 9.96. The highest BCUT2D eigenvalue weighted by atomic mass is 32.2. The molecule has 0 aliphatic carbocycles. The molecule has 0 fully saturated rings. The third-order valence-corrected chi connectivity index (χ3v) is 7.49. The lowest BCUT2D eigenvalue weighted by molar-refractivity contribution is 0.00200. The van der Waals surface area contributed by atoms with Crippen molar-refractivity contribution in [2.75, 3.05) is 5.75 Å². The van der Waals surface area contributed by atoms with Gasteiger partial charge in [-0.15, -0.1) is 17.9 Å². The van der Waals surface area contributed by atoms with Crippen molar-refractivity contribution in [3.05, 3.63) is 33.4 Å². The highest BCUT2D eigenvalue weighted by molar-refractivity contribution is 7.99. The molecule has 0 bridgehead atoms. The van der Waals surface area contributed by atoms with Gasteiger partial charge in [0.15, 0.2) is 5.16 Å². The normalized spacial score (nSPS) is 16.6. The van der Waals surface area contributed by atoms with Crippen LogP contribution in [-0.4, -0.2) is 21.4 Å². The van der Waals surface area contributed by atoms with Crippen molar-refractivity contribution in [2.24, 2.45) is 5.92 Å². The fourth-order valence-corrected chi connectivity index (χ4v) is 5.81. The molecule has 3 heterocycles. The van der Waals surface area contributed by atoms with Crippen molar-refractivity contribution in [2.45, 2.75) is 83.7 Å². The van der Waals surface area contributed by atoms with Gasteiger partial charge in [0.2, 0.25) is 0 Å². The Balaban J connectivity index is 1.88. The van der Waals surface area contributed by atoms with Gasteiger partial charge in [-0.3, -0.25) is 9.36 Å². The van der Waals surface area contributed by atoms with Crippen LogP contribution in [-0.2, 0) is 24.3 Å². The smallest absolute Gasteiger partial charge is 0.263 e. The monoisotopic (exact) mass is 420 g/mol. The second-order valence-corrected chi connectivity index (χ2v) is 9.99. The summed E-state index contributed by atoms with van der Waals surface area (Å²) in [6, 6.07) is 0. The highest BCUT2D eigenvalue weighted by Crippen LogP contribution is 2.36. The first kappa shape index (κ1) is 21.6. The van der Waals surface area contributed by atoms with Gasteiger partial charge in [0.1, 0.15) is 4.83 Å². The maximum atomic E-state index is 13.4. The lowest BCUT2D eigenvalue weighted by Crippen LogP contribution is -2.28. The average molecular weight is 421 g/mol. The second-order valence-electron chi connectivity index (χ2n) is 7.84. The number of nitrogens with zero attached hydrogens (tertiary/aromatic N) is 2. The number of fused-ring (bicyclic) bond motifs is 3. The molecule has 0 radical (unpaired) electrons. The Labute approximate surface area is 176 Å². The molecule has 1 aliphatic rings. The fourth-order valence-electron chi connectivity index (χ4n) is 3.64. The van der Waals surface area contributed by atoms with Gasteiger partial charge in [0, 0.05) is 23.6 Å². The SMILES string of the molecule is C=CCn1c(SCCCCCCC)nc2sc3c(c2c1=O)CC(C(C)C)OC3. The minimum atomic E-state index is 0.0836. The van der Waals surface area contributed by atoms with Gasteiger partial charge in [-0.05, 0) is 17.9 Å². The van der Waals surface area contributed by atoms with E-state index in [1.165, 1.54) is 30.6 Å². The Kier molecular flexibility index (Phi) is 7.77. The van der Waals surface area contributed by atoms with E-state index in [4.69, 9.17) is 9.72 Å². The molecule has 2 aromatic heterocycles. The number of aromatic nitrogens is 2. The van der Waals surface area contributed by atoms with Crippen LogP contribution >= 0.6 is 23.1 Å². The van der Waals surface area contributed by atoms with Gasteiger partial charge < -0.3 is 4.74 Å². The number of ether oxygens (including phenoxy) is 1. The van der Waals surface area contributed by atoms with Gasteiger partial charge in [-0.2, -0.15) is 0 Å². The number of thioether (sulfide) groups is 1. The summed E-state index contributed by atoms with van der Waals surface area (Å²) in [5.74, 6) is 1.44. The van der Waals surface area contributed by atoms with Crippen LogP contribution in [0, 0.1) is 5.92 Å². The quantitative estimate of drug-likeness (QED) is 0.211. The van der Waals surface area contributed by atoms with Crippen LogP contribution in [0.4, 0.5) is 0 Å². The molecule has 2 aromatic rings. The predicted octanol–water partition coefficient (Wildman–Crippen LogP) is 5.80. The van der Waals surface area contributed by atoms with E-state index in [0.29, 0.717) is 19.1 Å². The standard InChI is InChI=1S/C22H32N2O2S2/c1-5-7-8-9-10-12-27-22-23-20-19(21(25)24(22)11-6-2)16-13-17(15(3)4)26-14-18(16)28-20/h6,15,17H,2,5,7-14H2,1,3-4H3. The van der Waals surface area contributed by atoms with Gasteiger partial charge in [-0.1, -0.05) is 64.3 Å². The molecule has 0 N–H and O–H groups in total. The van der Waals surface area contributed by atoms with E-state index in [2.05, 4.69) is 27.4 Å². The molecule has 3 rings (SSSR count). The molecule has 0 spiro atoms. The summed E-state index contributed by atoms with van der Waals surface area (Å²) in [7, 11) is 0. The van der Waals surface area contributed by atoms with E-state index >= 15 is 0 Å². The third kappa shape index (κ3) is 4.71. The Hall–Kier alpha value is -1.11. The zero-order chi connectivity index (χ0) is 20.1. The van der Waals surface area contributed by atoms with Gasteiger partial charge in [0.25, 0.3) is 5.56 Å². The summed E-state index contributed by atoms with van der Waals surface area (Å²) in [4.78, 5) is 20.3. The summed E-state index contributed by atoms with van der Waals surface area (Å²) in [6.45, 7) is 11.5. The molecule has 0 amide bonds. The molecular formula is C22H32N2O2S2. The van der Waals surface area contributed by atoms with Gasteiger partial charge >= 0.3 is 0 Å². The van der Waals surface area contributed by atoms with Crippen molar-refractivity contribution in [1.29, 1.82) is 0 Å². The maximum absolute atomic E-state index is 13.4. The number of hydrogen-bond donors (Lipinski definition) is 0. The van der Waals surface area contributed by atoms with E-state index in [1.54, 1.807) is 33.7 Å². The number of hydrogen-bond acceptors (Lipinski definition) is 5. The Morgan fingerprint density at radius 1 is 1.36 bits per heavy atom. The molecule has 154 valence electrons. The van der Waals surface area contributed by atoms with E-state index in [0.717, 1.165) is 39.5 Å². The number of unbranched alkanes of at least 4 members (excludes halogenated alkanes) is 4. The second kappa shape index (κ2) is 10.1. The van der Waals surface area contributed by atoms with Crippen LogP contribution in [0.15, 0.2) is 22.6 Å². The van der Waals surface area contributed by atoms with Gasteiger partial charge in [-0.25, -0.2) is 4.98 Å². The first-order valence-corrected chi connectivity index (χ1v) is 12.3. The predicted molar refractivity (Wildman–Crippen MR) is 121 cm³/mol. The summed E-state index contributed by atoms with van der Waals surface area (Å²) in [5.41, 5.74) is 1.25. The molecule has 4 nitrogen and oxygen atoms in total. The van der Waals surface area contributed by atoms with E-state index in [9.17, 15) is 4.79 Å². The van der Waals surface area contributed by atoms with Crippen molar-refractivity contribution < 1.29 is 4.74 Å². The van der Waals surface area contributed by atoms with Crippen molar-refractivity contribution in [3.63, 3.8) is 0 Å². The molecule has 1 atom stereocenters. The van der Waals surface area contributed by atoms with Crippen LogP contribution < -0.4 is 5.56 Å². The first-order chi connectivity index (χ1) is 13.6. The molecule has 0 saturated heterocycles. The van der Waals surface area contributed by atoms with Crippen molar-refractivity contribution >= 4 is 33.3 Å².